The van der Waals surface area contributed by atoms with E-state index in [1.165, 1.54) is 30.2 Å². The molecule has 1 amide bonds. The molecular formula is C17H17FN2O5. The van der Waals surface area contributed by atoms with Gasteiger partial charge in [0.05, 0.1) is 18.6 Å². The highest BCUT2D eigenvalue weighted by Gasteiger charge is 2.29. The maximum atomic E-state index is 14.1. The van der Waals surface area contributed by atoms with Crippen molar-refractivity contribution < 1.29 is 28.3 Å². The topological polar surface area (TPSA) is 92.9 Å². The number of halogens is 1. The lowest BCUT2D eigenvalue weighted by atomic mass is 9.97. The normalized spacial score (nSPS) is 15.2. The number of carboxylic acids is 1. The van der Waals surface area contributed by atoms with Gasteiger partial charge in [-0.25, -0.2) is 4.39 Å². The number of nitrogens with zero attached hydrogens (tertiary/aromatic N) is 2. The Morgan fingerprint density at radius 2 is 2.04 bits per heavy atom. The van der Waals surface area contributed by atoms with Crippen LogP contribution in [0.15, 0.2) is 28.8 Å². The third kappa shape index (κ3) is 3.47. The number of amides is 1. The molecule has 1 aliphatic rings. The Kier molecular flexibility index (Phi) is 4.69. The highest BCUT2D eigenvalue weighted by Crippen LogP contribution is 2.27. The summed E-state index contributed by atoms with van der Waals surface area (Å²) in [6, 6.07) is 5.67. The maximum absolute atomic E-state index is 14.1. The first-order valence-corrected chi connectivity index (χ1v) is 7.82. The molecule has 1 N–H and O–H groups in total. The van der Waals surface area contributed by atoms with E-state index in [-0.39, 0.29) is 22.9 Å². The summed E-state index contributed by atoms with van der Waals surface area (Å²) in [4.78, 5) is 24.9. The van der Waals surface area contributed by atoms with Gasteiger partial charge >= 0.3 is 5.97 Å². The van der Waals surface area contributed by atoms with E-state index in [0.717, 1.165) is 0 Å². The number of methoxy groups -OCH3 is 1. The van der Waals surface area contributed by atoms with Crippen molar-refractivity contribution >= 4 is 11.9 Å². The van der Waals surface area contributed by atoms with E-state index in [2.05, 4.69) is 5.16 Å². The van der Waals surface area contributed by atoms with Crippen LogP contribution in [0, 0.1) is 11.7 Å². The number of hydrogen-bond acceptors (Lipinski definition) is 5. The first-order valence-electron chi connectivity index (χ1n) is 7.82. The lowest BCUT2D eigenvalue weighted by Crippen LogP contribution is -2.40. The van der Waals surface area contributed by atoms with E-state index in [1.54, 1.807) is 6.07 Å². The summed E-state index contributed by atoms with van der Waals surface area (Å²) in [6.07, 6.45) is 0.803. The van der Waals surface area contributed by atoms with Gasteiger partial charge in [-0.05, 0) is 25.0 Å². The Bertz CT molecular complexity index is 796. The number of ether oxygens (including phenoxy) is 1. The lowest BCUT2D eigenvalue weighted by molar-refractivity contribution is -0.143. The van der Waals surface area contributed by atoms with Crippen LogP contribution < -0.4 is 4.74 Å². The second-order valence-electron chi connectivity index (χ2n) is 5.83. The number of carbonyl (C=O) groups is 2. The Balaban J connectivity index is 1.73. The van der Waals surface area contributed by atoms with Crippen molar-refractivity contribution in [2.24, 2.45) is 5.92 Å². The van der Waals surface area contributed by atoms with E-state index < -0.39 is 17.7 Å². The van der Waals surface area contributed by atoms with Gasteiger partial charge in [0.25, 0.3) is 5.91 Å². The van der Waals surface area contributed by atoms with E-state index in [0.29, 0.717) is 31.7 Å². The molecular weight excluding hydrogens is 331 g/mol. The number of piperidine rings is 1. The van der Waals surface area contributed by atoms with Crippen LogP contribution >= 0.6 is 0 Å². The smallest absolute Gasteiger partial charge is 0.306 e. The molecule has 3 rings (SSSR count). The Hall–Kier alpha value is -2.90. The molecule has 132 valence electrons. The predicted molar refractivity (Wildman–Crippen MR) is 84.7 cm³/mol. The average molecular weight is 348 g/mol. The zero-order valence-corrected chi connectivity index (χ0v) is 13.6. The highest BCUT2D eigenvalue weighted by molar-refractivity contribution is 5.93. The van der Waals surface area contributed by atoms with Gasteiger partial charge in [0, 0.05) is 25.2 Å². The minimum Gasteiger partial charge on any atom is -0.497 e. The van der Waals surface area contributed by atoms with E-state index in [4.69, 9.17) is 14.4 Å². The third-order valence-corrected chi connectivity index (χ3v) is 4.30. The van der Waals surface area contributed by atoms with Crippen molar-refractivity contribution in [3.05, 3.63) is 35.8 Å². The van der Waals surface area contributed by atoms with Crippen molar-refractivity contribution in [3.63, 3.8) is 0 Å². The van der Waals surface area contributed by atoms with Crippen LogP contribution in [0.4, 0.5) is 4.39 Å². The summed E-state index contributed by atoms with van der Waals surface area (Å²) in [5, 5.41) is 12.7. The summed E-state index contributed by atoms with van der Waals surface area (Å²) < 4.78 is 24.1. The molecule has 1 saturated heterocycles. The zero-order chi connectivity index (χ0) is 18.0. The second-order valence-corrected chi connectivity index (χ2v) is 5.83. The fourth-order valence-corrected chi connectivity index (χ4v) is 2.82. The molecule has 2 heterocycles. The number of benzene rings is 1. The van der Waals surface area contributed by atoms with Gasteiger partial charge in [-0.1, -0.05) is 5.16 Å². The molecule has 0 radical (unpaired) electrons. The van der Waals surface area contributed by atoms with Gasteiger partial charge < -0.3 is 19.3 Å². The fourth-order valence-electron chi connectivity index (χ4n) is 2.82. The molecule has 1 aliphatic heterocycles. The maximum Gasteiger partial charge on any atom is 0.306 e. The number of aromatic nitrogens is 1. The van der Waals surface area contributed by atoms with Gasteiger partial charge in [-0.15, -0.1) is 0 Å². The third-order valence-electron chi connectivity index (χ3n) is 4.30. The number of likely N-dealkylation sites (tertiary alicyclic amines) is 1. The first kappa shape index (κ1) is 16.9. The highest BCUT2D eigenvalue weighted by atomic mass is 19.1. The molecule has 7 nitrogen and oxygen atoms in total. The summed E-state index contributed by atoms with van der Waals surface area (Å²) in [7, 11) is 1.44. The first-order chi connectivity index (χ1) is 12.0. The number of aliphatic carboxylic acids is 1. The van der Waals surface area contributed by atoms with Crippen molar-refractivity contribution in [3.8, 4) is 17.1 Å². The molecule has 1 fully saturated rings. The number of rotatable bonds is 4. The molecule has 0 aliphatic carbocycles. The predicted octanol–water partition coefficient (Wildman–Crippen LogP) is 2.43. The lowest BCUT2D eigenvalue weighted by Gasteiger charge is -2.29. The van der Waals surface area contributed by atoms with Crippen LogP contribution in [0.25, 0.3) is 11.3 Å². The van der Waals surface area contributed by atoms with Crippen molar-refractivity contribution in [1.29, 1.82) is 0 Å². The van der Waals surface area contributed by atoms with Crippen molar-refractivity contribution in [2.75, 3.05) is 20.2 Å². The molecule has 8 heteroatoms. The van der Waals surface area contributed by atoms with Crippen molar-refractivity contribution in [1.82, 2.24) is 10.1 Å². The molecule has 2 aromatic rings. The van der Waals surface area contributed by atoms with E-state index in [1.807, 2.05) is 0 Å². The molecule has 0 atom stereocenters. The van der Waals surface area contributed by atoms with E-state index >= 15 is 0 Å². The van der Waals surface area contributed by atoms with Crippen LogP contribution in [0.3, 0.4) is 0 Å². The Labute approximate surface area is 143 Å². The van der Waals surface area contributed by atoms with Gasteiger partial charge in [0.15, 0.2) is 11.5 Å². The largest absolute Gasteiger partial charge is 0.497 e. The molecule has 0 saturated carbocycles. The molecule has 25 heavy (non-hydrogen) atoms. The second kappa shape index (κ2) is 6.92. The van der Waals surface area contributed by atoms with Gasteiger partial charge in [0.2, 0.25) is 0 Å². The Morgan fingerprint density at radius 1 is 1.32 bits per heavy atom. The van der Waals surface area contributed by atoms with Gasteiger partial charge in [-0.3, -0.25) is 9.59 Å². The molecule has 1 aromatic heterocycles. The van der Waals surface area contributed by atoms with Crippen LogP contribution in [-0.4, -0.2) is 47.2 Å². The summed E-state index contributed by atoms with van der Waals surface area (Å²) >= 11 is 0. The quantitative estimate of drug-likeness (QED) is 0.912. The van der Waals surface area contributed by atoms with Crippen LogP contribution in [0.5, 0.6) is 5.75 Å². The minimum absolute atomic E-state index is 0.0685. The van der Waals surface area contributed by atoms with Crippen LogP contribution in [0.2, 0.25) is 0 Å². The monoisotopic (exact) mass is 348 g/mol. The number of carbonyl (C=O) groups excluding carboxylic acids is 1. The Morgan fingerprint density at radius 3 is 2.64 bits per heavy atom. The molecule has 0 unspecified atom stereocenters. The van der Waals surface area contributed by atoms with Crippen LogP contribution in [0.1, 0.15) is 23.3 Å². The zero-order valence-electron chi connectivity index (χ0n) is 13.6. The fraction of sp³-hybridized carbons (Fsp3) is 0.353. The minimum atomic E-state index is -0.842. The number of carboxylic acid groups (broad SMARTS) is 1. The summed E-state index contributed by atoms with van der Waals surface area (Å²) in [5.41, 5.74) is 0.246. The van der Waals surface area contributed by atoms with E-state index in [9.17, 15) is 14.0 Å². The molecule has 0 spiro atoms. The van der Waals surface area contributed by atoms with Crippen LogP contribution in [-0.2, 0) is 4.79 Å². The average Bonchev–Trinajstić information content (AvgIpc) is 3.10. The molecule has 0 bridgehead atoms. The molecule has 1 aromatic carbocycles. The van der Waals surface area contributed by atoms with Crippen molar-refractivity contribution in [2.45, 2.75) is 12.8 Å². The summed E-state index contributed by atoms with van der Waals surface area (Å²) in [6.45, 7) is 0.684. The number of hydrogen-bond donors (Lipinski definition) is 1. The SMILES string of the molecule is COc1ccc(-c2cc(C(=O)N3CCC(C(=O)O)CC3)no2)c(F)c1. The van der Waals surface area contributed by atoms with Gasteiger partial charge in [-0.2, -0.15) is 0 Å². The van der Waals surface area contributed by atoms with Gasteiger partial charge in [0.1, 0.15) is 11.6 Å². The summed E-state index contributed by atoms with van der Waals surface area (Å²) in [5.74, 6) is -1.65. The standard InChI is InChI=1S/C17H17FN2O5/c1-24-11-2-3-12(13(18)8-11)15-9-14(19-25-15)16(21)20-6-4-10(5-7-20)17(22)23/h2-3,8-10H,4-7H2,1H3,(H,22,23).